The predicted octanol–water partition coefficient (Wildman–Crippen LogP) is 4.45. The number of ether oxygens (including phenoxy) is 2. The van der Waals surface area contributed by atoms with Crippen molar-refractivity contribution in [2.75, 3.05) is 13.7 Å². The number of hydrogen-bond donors (Lipinski definition) is 0. The summed E-state index contributed by atoms with van der Waals surface area (Å²) in [5.74, 6) is 1.82. The molecule has 3 heteroatoms. The third-order valence-corrected chi connectivity index (χ3v) is 3.36. The van der Waals surface area contributed by atoms with Gasteiger partial charge in [-0.3, -0.25) is 0 Å². The highest BCUT2D eigenvalue weighted by molar-refractivity contribution is 9.10. The topological polar surface area (TPSA) is 18.5 Å². The van der Waals surface area contributed by atoms with Crippen LogP contribution in [-0.4, -0.2) is 13.7 Å². The van der Waals surface area contributed by atoms with E-state index in [2.05, 4.69) is 34.1 Å². The van der Waals surface area contributed by atoms with Crippen LogP contribution in [-0.2, 0) is 6.42 Å². The summed E-state index contributed by atoms with van der Waals surface area (Å²) in [5.41, 5.74) is 2.40. The molecule has 0 radical (unpaired) electrons. The van der Waals surface area contributed by atoms with Crippen molar-refractivity contribution < 1.29 is 9.47 Å². The average molecular weight is 321 g/mol. The minimum absolute atomic E-state index is 0.693. The molecule has 2 aromatic carbocycles. The van der Waals surface area contributed by atoms with Gasteiger partial charge in [0.05, 0.1) is 13.7 Å². The summed E-state index contributed by atoms with van der Waals surface area (Å²) in [6.45, 7) is 2.68. The molecule has 0 aromatic heterocycles. The van der Waals surface area contributed by atoms with Gasteiger partial charge in [0.25, 0.3) is 0 Å². The smallest absolute Gasteiger partial charge is 0.122 e. The third kappa shape index (κ3) is 3.74. The number of halogens is 1. The van der Waals surface area contributed by atoms with Gasteiger partial charge in [0, 0.05) is 10.9 Å². The normalized spacial score (nSPS) is 10.3. The first-order valence-electron chi connectivity index (χ1n) is 6.27. The number of hydrogen-bond acceptors (Lipinski definition) is 2. The van der Waals surface area contributed by atoms with Crippen molar-refractivity contribution in [2.24, 2.45) is 0 Å². The minimum Gasteiger partial charge on any atom is -0.496 e. The fourth-order valence-electron chi connectivity index (χ4n) is 1.98. The molecule has 0 saturated heterocycles. The van der Waals surface area contributed by atoms with Crippen molar-refractivity contribution in [3.8, 4) is 11.5 Å². The van der Waals surface area contributed by atoms with Crippen molar-refractivity contribution in [1.29, 1.82) is 0 Å². The zero-order chi connectivity index (χ0) is 13.7. The summed E-state index contributed by atoms with van der Waals surface area (Å²) in [6.07, 6.45) is 0.842. The summed E-state index contributed by atoms with van der Waals surface area (Å²) < 4.78 is 11.9. The summed E-state index contributed by atoms with van der Waals surface area (Å²) in [6, 6.07) is 14.2. The molecular formula is C16H17BrO2. The van der Waals surface area contributed by atoms with Crippen LogP contribution in [0.2, 0.25) is 0 Å². The first kappa shape index (κ1) is 13.9. The van der Waals surface area contributed by atoms with Gasteiger partial charge < -0.3 is 9.47 Å². The van der Waals surface area contributed by atoms with Crippen LogP contribution < -0.4 is 9.47 Å². The Labute approximate surface area is 122 Å². The molecule has 0 aliphatic rings. The fourth-order valence-corrected chi connectivity index (χ4v) is 2.38. The lowest BCUT2D eigenvalue weighted by Gasteiger charge is -2.10. The van der Waals surface area contributed by atoms with E-state index in [1.807, 2.05) is 31.2 Å². The summed E-state index contributed by atoms with van der Waals surface area (Å²) in [5, 5.41) is 0. The lowest BCUT2D eigenvalue weighted by Crippen LogP contribution is -1.95. The molecule has 0 aliphatic carbocycles. The van der Waals surface area contributed by atoms with E-state index in [-0.39, 0.29) is 0 Å². The van der Waals surface area contributed by atoms with Gasteiger partial charge in [0.2, 0.25) is 0 Å². The Morgan fingerprint density at radius 1 is 1.05 bits per heavy atom. The molecule has 0 amide bonds. The lowest BCUT2D eigenvalue weighted by atomic mass is 10.0. The van der Waals surface area contributed by atoms with Crippen LogP contribution >= 0.6 is 15.9 Å². The van der Waals surface area contributed by atoms with Crippen molar-refractivity contribution in [3.05, 3.63) is 58.1 Å². The molecule has 100 valence electrons. The quantitative estimate of drug-likeness (QED) is 0.810. The van der Waals surface area contributed by atoms with E-state index in [9.17, 15) is 0 Å². The van der Waals surface area contributed by atoms with E-state index >= 15 is 0 Å². The maximum Gasteiger partial charge on any atom is 0.122 e. The van der Waals surface area contributed by atoms with Gasteiger partial charge in [0.15, 0.2) is 0 Å². The molecule has 2 aromatic rings. The second-order valence-corrected chi connectivity index (χ2v) is 5.13. The monoisotopic (exact) mass is 320 g/mol. The molecule has 2 rings (SSSR count). The summed E-state index contributed by atoms with van der Waals surface area (Å²) in [4.78, 5) is 0. The van der Waals surface area contributed by atoms with Crippen LogP contribution in [0.5, 0.6) is 11.5 Å². The van der Waals surface area contributed by atoms with Crippen LogP contribution in [0.15, 0.2) is 46.9 Å². The molecule has 19 heavy (non-hydrogen) atoms. The highest BCUT2D eigenvalue weighted by Gasteiger charge is 2.05. The molecule has 0 fully saturated rings. The van der Waals surface area contributed by atoms with Gasteiger partial charge in [-0.1, -0.05) is 28.1 Å². The SMILES string of the molecule is CCOc1ccc(Cc2cc(Br)ccc2OC)cc1. The molecule has 0 spiro atoms. The Morgan fingerprint density at radius 3 is 2.42 bits per heavy atom. The third-order valence-electron chi connectivity index (χ3n) is 2.87. The van der Waals surface area contributed by atoms with Gasteiger partial charge in [0.1, 0.15) is 11.5 Å². The maximum atomic E-state index is 5.44. The second-order valence-electron chi connectivity index (χ2n) is 4.21. The second kappa shape index (κ2) is 6.62. The number of rotatable bonds is 5. The standard InChI is InChI=1S/C16H17BrO2/c1-3-19-15-7-4-12(5-8-15)10-13-11-14(17)6-9-16(13)18-2/h4-9,11H,3,10H2,1-2H3. The van der Waals surface area contributed by atoms with Gasteiger partial charge in [-0.25, -0.2) is 0 Å². The molecule has 0 N–H and O–H groups in total. The molecule has 0 aliphatic heterocycles. The highest BCUT2D eigenvalue weighted by atomic mass is 79.9. The Balaban J connectivity index is 2.18. The van der Waals surface area contributed by atoms with Crippen LogP contribution in [0, 0.1) is 0 Å². The van der Waals surface area contributed by atoms with E-state index in [4.69, 9.17) is 9.47 Å². The Morgan fingerprint density at radius 2 is 1.79 bits per heavy atom. The largest absolute Gasteiger partial charge is 0.496 e. The summed E-state index contributed by atoms with van der Waals surface area (Å²) >= 11 is 3.50. The molecular weight excluding hydrogens is 304 g/mol. The Bertz CT molecular complexity index is 535. The Kier molecular flexibility index (Phi) is 4.86. The zero-order valence-electron chi connectivity index (χ0n) is 11.2. The Hall–Kier alpha value is -1.48. The molecule has 0 atom stereocenters. The molecule has 0 saturated carbocycles. The van der Waals surface area contributed by atoms with E-state index in [0.29, 0.717) is 6.61 Å². The van der Waals surface area contributed by atoms with Crippen LogP contribution in [0.4, 0.5) is 0 Å². The van der Waals surface area contributed by atoms with Crippen LogP contribution in [0.25, 0.3) is 0 Å². The van der Waals surface area contributed by atoms with E-state index in [1.54, 1.807) is 7.11 Å². The predicted molar refractivity (Wildman–Crippen MR) is 81.1 cm³/mol. The van der Waals surface area contributed by atoms with Gasteiger partial charge in [-0.15, -0.1) is 0 Å². The minimum atomic E-state index is 0.693. The summed E-state index contributed by atoms with van der Waals surface area (Å²) in [7, 11) is 1.70. The van der Waals surface area contributed by atoms with E-state index < -0.39 is 0 Å². The molecule has 0 bridgehead atoms. The number of methoxy groups -OCH3 is 1. The first-order valence-corrected chi connectivity index (χ1v) is 7.06. The van der Waals surface area contributed by atoms with Gasteiger partial charge in [-0.05, 0) is 48.4 Å². The van der Waals surface area contributed by atoms with Gasteiger partial charge in [-0.2, -0.15) is 0 Å². The van der Waals surface area contributed by atoms with Crippen LogP contribution in [0.1, 0.15) is 18.1 Å². The van der Waals surface area contributed by atoms with Gasteiger partial charge >= 0.3 is 0 Å². The number of benzene rings is 2. The molecule has 0 heterocycles. The highest BCUT2D eigenvalue weighted by Crippen LogP contribution is 2.26. The average Bonchev–Trinajstić information content (AvgIpc) is 2.42. The zero-order valence-corrected chi connectivity index (χ0v) is 12.7. The van der Waals surface area contributed by atoms with Crippen molar-refractivity contribution in [3.63, 3.8) is 0 Å². The van der Waals surface area contributed by atoms with E-state index in [0.717, 1.165) is 22.4 Å². The van der Waals surface area contributed by atoms with Crippen LogP contribution in [0.3, 0.4) is 0 Å². The van der Waals surface area contributed by atoms with Crippen molar-refractivity contribution in [2.45, 2.75) is 13.3 Å². The van der Waals surface area contributed by atoms with Crippen molar-refractivity contribution >= 4 is 15.9 Å². The molecule has 2 nitrogen and oxygen atoms in total. The first-order chi connectivity index (χ1) is 9.22. The van der Waals surface area contributed by atoms with Crippen molar-refractivity contribution in [1.82, 2.24) is 0 Å². The lowest BCUT2D eigenvalue weighted by molar-refractivity contribution is 0.340. The molecule has 0 unspecified atom stereocenters. The fraction of sp³-hybridized carbons (Fsp3) is 0.250. The van der Waals surface area contributed by atoms with E-state index in [1.165, 1.54) is 11.1 Å². The maximum absolute atomic E-state index is 5.44.